The van der Waals surface area contributed by atoms with Crippen molar-refractivity contribution in [1.29, 1.82) is 0 Å². The predicted molar refractivity (Wildman–Crippen MR) is 68.0 cm³/mol. The summed E-state index contributed by atoms with van der Waals surface area (Å²) in [5.74, 6) is 0.571. The Hall–Kier alpha value is -1.53. The van der Waals surface area contributed by atoms with Crippen molar-refractivity contribution in [3.05, 3.63) is 18.0 Å². The highest BCUT2D eigenvalue weighted by Crippen LogP contribution is 2.11. The van der Waals surface area contributed by atoms with Crippen LogP contribution in [0.1, 0.15) is 17.3 Å². The van der Waals surface area contributed by atoms with Crippen LogP contribution in [0, 0.1) is 0 Å². The molecule has 0 radical (unpaired) electrons. The molecule has 0 aliphatic rings. The first-order chi connectivity index (χ1) is 8.72. The van der Waals surface area contributed by atoms with Crippen LogP contribution in [-0.2, 0) is 9.47 Å². The number of rotatable bonds is 8. The Morgan fingerprint density at radius 2 is 2.00 bits per heavy atom. The fourth-order valence-corrected chi connectivity index (χ4v) is 1.58. The van der Waals surface area contributed by atoms with Gasteiger partial charge in [0.15, 0.2) is 6.29 Å². The van der Waals surface area contributed by atoms with Gasteiger partial charge in [0.25, 0.3) is 0 Å². The van der Waals surface area contributed by atoms with E-state index in [1.54, 1.807) is 14.2 Å². The van der Waals surface area contributed by atoms with Crippen molar-refractivity contribution in [2.45, 2.75) is 13.0 Å². The number of aromatic nitrogens is 2. The summed E-state index contributed by atoms with van der Waals surface area (Å²) in [6.07, 6.45) is 3.74. The molecule has 1 atom stereocenters. The molecular weight excluding hydrogens is 234 g/mol. The Kier molecular flexibility index (Phi) is 6.24. The average Bonchev–Trinajstić information content (AvgIpc) is 2.40. The molecular formula is C12H19N3O3. The largest absolute Gasteiger partial charge is 0.383 e. The lowest BCUT2D eigenvalue weighted by Crippen LogP contribution is -2.39. The predicted octanol–water partition coefficient (Wildman–Crippen LogP) is 0.777. The van der Waals surface area contributed by atoms with Gasteiger partial charge in [-0.05, 0) is 6.92 Å². The summed E-state index contributed by atoms with van der Waals surface area (Å²) in [7, 11) is 3.30. The number of carbonyl (C=O) groups is 1. The van der Waals surface area contributed by atoms with Crippen molar-refractivity contribution in [2.24, 2.45) is 0 Å². The smallest absolute Gasteiger partial charge is 0.225 e. The zero-order valence-electron chi connectivity index (χ0n) is 11.0. The van der Waals surface area contributed by atoms with E-state index in [4.69, 9.17) is 9.47 Å². The molecule has 0 aromatic carbocycles. The molecule has 1 unspecified atom stereocenters. The van der Waals surface area contributed by atoms with Crippen molar-refractivity contribution in [3.63, 3.8) is 0 Å². The van der Waals surface area contributed by atoms with E-state index in [1.807, 2.05) is 11.8 Å². The van der Waals surface area contributed by atoms with E-state index in [9.17, 15) is 4.79 Å². The molecule has 0 spiro atoms. The number of nitrogens with zero attached hydrogens (tertiary/aromatic N) is 3. The first-order valence-corrected chi connectivity index (χ1v) is 5.74. The van der Waals surface area contributed by atoms with Gasteiger partial charge in [0, 0.05) is 33.2 Å². The molecule has 0 bridgehead atoms. The molecule has 0 fully saturated rings. The van der Waals surface area contributed by atoms with E-state index in [-0.39, 0.29) is 6.04 Å². The van der Waals surface area contributed by atoms with Crippen LogP contribution in [0.4, 0.5) is 5.95 Å². The van der Waals surface area contributed by atoms with Crippen molar-refractivity contribution in [3.8, 4) is 0 Å². The summed E-state index contributed by atoms with van der Waals surface area (Å²) >= 11 is 0. The van der Waals surface area contributed by atoms with Gasteiger partial charge in [0.1, 0.15) is 0 Å². The summed E-state index contributed by atoms with van der Waals surface area (Å²) in [6, 6.07) is 0.132. The lowest BCUT2D eigenvalue weighted by molar-refractivity contribution is 0.112. The Bertz CT molecular complexity index is 356. The number of ether oxygens (including phenoxy) is 2. The fraction of sp³-hybridized carbons (Fsp3) is 0.583. The number of methoxy groups -OCH3 is 2. The van der Waals surface area contributed by atoms with E-state index in [2.05, 4.69) is 9.97 Å². The summed E-state index contributed by atoms with van der Waals surface area (Å²) in [4.78, 5) is 20.9. The van der Waals surface area contributed by atoms with Crippen LogP contribution >= 0.6 is 0 Å². The standard InChI is InChI=1S/C12H19N3O3/c1-10(9-18-3)15(4-5-17-2)12-13-6-11(8-16)7-14-12/h6-8,10H,4-5,9H2,1-3H3. The first-order valence-electron chi connectivity index (χ1n) is 5.74. The molecule has 0 N–H and O–H groups in total. The van der Waals surface area contributed by atoms with Gasteiger partial charge >= 0.3 is 0 Å². The second-order valence-electron chi connectivity index (χ2n) is 3.92. The SMILES string of the molecule is COCCN(c1ncc(C=O)cn1)C(C)COC. The monoisotopic (exact) mass is 253 g/mol. The van der Waals surface area contributed by atoms with Gasteiger partial charge < -0.3 is 14.4 Å². The normalized spacial score (nSPS) is 12.2. The number of hydrogen-bond donors (Lipinski definition) is 0. The molecule has 0 saturated carbocycles. The van der Waals surface area contributed by atoms with Gasteiger partial charge in [0.05, 0.1) is 24.8 Å². The zero-order chi connectivity index (χ0) is 13.4. The van der Waals surface area contributed by atoms with E-state index >= 15 is 0 Å². The van der Waals surface area contributed by atoms with Crippen LogP contribution in [0.5, 0.6) is 0 Å². The second-order valence-corrected chi connectivity index (χ2v) is 3.92. The van der Waals surface area contributed by atoms with E-state index in [0.29, 0.717) is 31.3 Å². The molecule has 18 heavy (non-hydrogen) atoms. The molecule has 6 heteroatoms. The molecule has 1 aromatic rings. The molecule has 1 heterocycles. The van der Waals surface area contributed by atoms with Gasteiger partial charge in [0.2, 0.25) is 5.95 Å². The molecule has 0 aliphatic carbocycles. The summed E-state index contributed by atoms with van der Waals surface area (Å²) < 4.78 is 10.2. The van der Waals surface area contributed by atoms with Crippen LogP contribution in [-0.4, -0.2) is 56.3 Å². The van der Waals surface area contributed by atoms with Gasteiger partial charge in [-0.25, -0.2) is 9.97 Å². The molecule has 1 rings (SSSR count). The molecule has 100 valence electrons. The third-order valence-corrected chi connectivity index (χ3v) is 2.53. The van der Waals surface area contributed by atoms with Crippen molar-refractivity contribution >= 4 is 12.2 Å². The Morgan fingerprint density at radius 3 is 2.50 bits per heavy atom. The first kappa shape index (κ1) is 14.5. The van der Waals surface area contributed by atoms with Crippen LogP contribution in [0.25, 0.3) is 0 Å². The average molecular weight is 253 g/mol. The van der Waals surface area contributed by atoms with Crippen molar-refractivity contribution < 1.29 is 14.3 Å². The molecule has 0 amide bonds. The molecule has 6 nitrogen and oxygen atoms in total. The van der Waals surface area contributed by atoms with Crippen LogP contribution in [0.2, 0.25) is 0 Å². The number of hydrogen-bond acceptors (Lipinski definition) is 6. The Labute approximate surface area is 107 Å². The van der Waals surface area contributed by atoms with Gasteiger partial charge in [-0.2, -0.15) is 0 Å². The highest BCUT2D eigenvalue weighted by atomic mass is 16.5. The minimum absolute atomic E-state index is 0.132. The summed E-state index contributed by atoms with van der Waals surface area (Å²) in [5.41, 5.74) is 0.463. The highest BCUT2D eigenvalue weighted by molar-refractivity contribution is 5.73. The van der Waals surface area contributed by atoms with Gasteiger partial charge in [-0.1, -0.05) is 0 Å². The lowest BCUT2D eigenvalue weighted by Gasteiger charge is -2.28. The number of aldehydes is 1. The van der Waals surface area contributed by atoms with Crippen LogP contribution in [0.3, 0.4) is 0 Å². The van der Waals surface area contributed by atoms with Crippen LogP contribution in [0.15, 0.2) is 12.4 Å². The zero-order valence-corrected chi connectivity index (χ0v) is 11.0. The van der Waals surface area contributed by atoms with Gasteiger partial charge in [-0.3, -0.25) is 4.79 Å². The number of anilines is 1. The van der Waals surface area contributed by atoms with Crippen LogP contribution < -0.4 is 4.90 Å². The highest BCUT2D eigenvalue weighted by Gasteiger charge is 2.16. The third-order valence-electron chi connectivity index (χ3n) is 2.53. The van der Waals surface area contributed by atoms with Crippen molar-refractivity contribution in [2.75, 3.05) is 38.9 Å². The molecule has 1 aromatic heterocycles. The lowest BCUT2D eigenvalue weighted by atomic mass is 10.3. The summed E-state index contributed by atoms with van der Waals surface area (Å²) in [5, 5.41) is 0. The quantitative estimate of drug-likeness (QED) is 0.638. The molecule has 0 saturated heterocycles. The maximum atomic E-state index is 10.6. The topological polar surface area (TPSA) is 64.5 Å². The minimum atomic E-state index is 0.132. The number of carbonyl (C=O) groups excluding carboxylic acids is 1. The third kappa shape index (κ3) is 4.05. The van der Waals surface area contributed by atoms with Crippen molar-refractivity contribution in [1.82, 2.24) is 9.97 Å². The Balaban J connectivity index is 2.82. The maximum absolute atomic E-state index is 10.6. The second kappa shape index (κ2) is 7.73. The Morgan fingerprint density at radius 1 is 1.33 bits per heavy atom. The minimum Gasteiger partial charge on any atom is -0.383 e. The fourth-order valence-electron chi connectivity index (χ4n) is 1.58. The van der Waals surface area contributed by atoms with E-state index in [1.165, 1.54) is 12.4 Å². The maximum Gasteiger partial charge on any atom is 0.225 e. The van der Waals surface area contributed by atoms with E-state index in [0.717, 1.165) is 6.29 Å². The molecule has 0 aliphatic heterocycles. The van der Waals surface area contributed by atoms with Gasteiger partial charge in [-0.15, -0.1) is 0 Å². The van der Waals surface area contributed by atoms with E-state index < -0.39 is 0 Å². The summed E-state index contributed by atoms with van der Waals surface area (Å²) in [6.45, 7) is 3.84.